The summed E-state index contributed by atoms with van der Waals surface area (Å²) in [7, 11) is 4.14. The van der Waals surface area contributed by atoms with Gasteiger partial charge < -0.3 is 19.7 Å². The molecule has 0 saturated carbocycles. The van der Waals surface area contributed by atoms with Crippen molar-refractivity contribution >= 4 is 17.3 Å². The van der Waals surface area contributed by atoms with Gasteiger partial charge in [0.15, 0.2) is 5.11 Å². The highest BCUT2D eigenvalue weighted by Crippen LogP contribution is 2.41. The number of nitrogens with one attached hydrogen (secondary N) is 1. The van der Waals surface area contributed by atoms with Crippen molar-refractivity contribution in [2.45, 2.75) is 25.9 Å². The Labute approximate surface area is 188 Å². The van der Waals surface area contributed by atoms with Crippen molar-refractivity contribution in [2.24, 2.45) is 0 Å². The molecule has 162 valence electrons. The van der Waals surface area contributed by atoms with Crippen LogP contribution in [0.1, 0.15) is 34.7 Å². The number of thiocarbonyl (C=S) groups is 1. The molecule has 1 aliphatic heterocycles. The van der Waals surface area contributed by atoms with Crippen molar-refractivity contribution in [2.75, 3.05) is 27.2 Å². The lowest BCUT2D eigenvalue weighted by atomic mass is 9.97. The maximum absolute atomic E-state index is 13.5. The van der Waals surface area contributed by atoms with Gasteiger partial charge in [-0.25, -0.2) is 4.39 Å². The molecule has 0 bridgehead atoms. The molecule has 2 unspecified atom stereocenters. The quantitative estimate of drug-likeness (QED) is 0.586. The van der Waals surface area contributed by atoms with Gasteiger partial charge in [0.25, 0.3) is 0 Å². The van der Waals surface area contributed by atoms with Crippen molar-refractivity contribution in [1.29, 1.82) is 0 Å². The van der Waals surface area contributed by atoms with E-state index < -0.39 is 0 Å². The molecule has 3 aromatic rings. The average Bonchev–Trinajstić information content (AvgIpc) is 3.23. The van der Waals surface area contributed by atoms with Gasteiger partial charge in [-0.3, -0.25) is 4.98 Å². The van der Waals surface area contributed by atoms with E-state index in [1.165, 1.54) is 17.7 Å². The van der Waals surface area contributed by atoms with Crippen molar-refractivity contribution in [3.8, 4) is 5.69 Å². The molecule has 0 aliphatic carbocycles. The summed E-state index contributed by atoms with van der Waals surface area (Å²) < 4.78 is 15.7. The smallest absolute Gasteiger partial charge is 0.170 e. The number of benzene rings is 1. The lowest BCUT2D eigenvalue weighted by Crippen LogP contribution is -2.35. The Morgan fingerprint density at radius 2 is 1.87 bits per heavy atom. The van der Waals surface area contributed by atoms with Crippen LogP contribution in [-0.4, -0.2) is 51.6 Å². The number of pyridine rings is 1. The molecule has 31 heavy (non-hydrogen) atoms. The molecule has 1 saturated heterocycles. The molecule has 0 spiro atoms. The van der Waals surface area contributed by atoms with E-state index in [1.807, 2.05) is 36.5 Å². The summed E-state index contributed by atoms with van der Waals surface area (Å²) in [6, 6.07) is 14.8. The molecule has 0 radical (unpaired) electrons. The maximum Gasteiger partial charge on any atom is 0.170 e. The van der Waals surface area contributed by atoms with Gasteiger partial charge >= 0.3 is 0 Å². The normalized spacial score (nSPS) is 18.6. The number of hydrogen-bond acceptors (Lipinski definition) is 3. The molecule has 7 heteroatoms. The zero-order valence-electron chi connectivity index (χ0n) is 18.3. The summed E-state index contributed by atoms with van der Waals surface area (Å²) in [6.45, 7) is 5.91. The van der Waals surface area contributed by atoms with Gasteiger partial charge in [-0.15, -0.1) is 0 Å². The van der Waals surface area contributed by atoms with Gasteiger partial charge in [0.2, 0.25) is 0 Å². The highest BCUT2D eigenvalue weighted by atomic mass is 32.1. The molecule has 1 fully saturated rings. The predicted octanol–water partition coefficient (Wildman–Crippen LogP) is 4.16. The molecular weight excluding hydrogens is 409 g/mol. The summed E-state index contributed by atoms with van der Waals surface area (Å²) >= 11 is 5.76. The van der Waals surface area contributed by atoms with E-state index in [0.29, 0.717) is 0 Å². The second-order valence-electron chi connectivity index (χ2n) is 8.26. The van der Waals surface area contributed by atoms with Crippen molar-refractivity contribution in [3.05, 3.63) is 83.2 Å². The Morgan fingerprint density at radius 3 is 2.52 bits per heavy atom. The monoisotopic (exact) mass is 437 g/mol. The van der Waals surface area contributed by atoms with Gasteiger partial charge in [0.1, 0.15) is 5.82 Å². The highest BCUT2D eigenvalue weighted by molar-refractivity contribution is 7.80. The van der Waals surface area contributed by atoms with E-state index in [1.54, 1.807) is 0 Å². The Bertz CT molecular complexity index is 1060. The number of rotatable bonds is 6. The second kappa shape index (κ2) is 8.77. The molecule has 2 atom stereocenters. The molecule has 0 amide bonds. The number of aromatic nitrogens is 2. The molecule has 1 aromatic carbocycles. The first-order chi connectivity index (χ1) is 14.9. The van der Waals surface area contributed by atoms with E-state index in [4.69, 9.17) is 12.2 Å². The SMILES string of the molecule is Cc1cc(C2C(c3ccccn3)NC(=S)N2CCN(C)C)c(C)n1-c1ccc(F)cc1. The van der Waals surface area contributed by atoms with Crippen LogP contribution >= 0.6 is 12.2 Å². The standard InChI is InChI=1S/C24H28FN5S/c1-16-15-20(17(2)30(16)19-10-8-18(25)9-11-19)23-22(21-7-5-6-12-26-21)27-24(31)29(23)14-13-28(3)4/h5-12,15,22-23H,13-14H2,1-4H3,(H,27,31). The van der Waals surface area contributed by atoms with Gasteiger partial charge in [-0.1, -0.05) is 6.07 Å². The van der Waals surface area contributed by atoms with Crippen molar-refractivity contribution < 1.29 is 4.39 Å². The number of likely N-dealkylation sites (N-methyl/N-ethyl adjacent to an activating group) is 1. The minimum absolute atomic E-state index is 0.0164. The summed E-state index contributed by atoms with van der Waals surface area (Å²) in [5.74, 6) is -0.234. The number of hydrogen-bond donors (Lipinski definition) is 1. The lowest BCUT2D eigenvalue weighted by Gasteiger charge is -2.29. The van der Waals surface area contributed by atoms with Gasteiger partial charge in [-0.05, 0) is 88.2 Å². The number of halogens is 1. The molecule has 4 rings (SSSR count). The van der Waals surface area contributed by atoms with Gasteiger partial charge in [-0.2, -0.15) is 0 Å². The van der Waals surface area contributed by atoms with Crippen LogP contribution in [0.25, 0.3) is 5.69 Å². The van der Waals surface area contributed by atoms with Crippen LogP contribution in [0, 0.1) is 19.7 Å². The van der Waals surface area contributed by atoms with Crippen LogP contribution in [0.2, 0.25) is 0 Å². The molecule has 2 aromatic heterocycles. The Kier molecular flexibility index (Phi) is 6.07. The first-order valence-electron chi connectivity index (χ1n) is 10.4. The fourth-order valence-corrected chi connectivity index (χ4v) is 4.70. The molecular formula is C24H28FN5S. The Morgan fingerprint density at radius 1 is 1.13 bits per heavy atom. The molecule has 3 heterocycles. The van der Waals surface area contributed by atoms with E-state index >= 15 is 0 Å². The first-order valence-corrected chi connectivity index (χ1v) is 10.8. The zero-order chi connectivity index (χ0) is 22.1. The topological polar surface area (TPSA) is 36.3 Å². The van der Waals surface area contributed by atoms with Crippen LogP contribution in [0.4, 0.5) is 4.39 Å². The van der Waals surface area contributed by atoms with E-state index in [-0.39, 0.29) is 17.9 Å². The number of nitrogens with zero attached hydrogens (tertiary/aromatic N) is 4. The Hall–Kier alpha value is -2.77. The van der Waals surface area contributed by atoms with Crippen LogP contribution in [0.5, 0.6) is 0 Å². The largest absolute Gasteiger partial charge is 0.352 e. The van der Waals surface area contributed by atoms with Crippen molar-refractivity contribution in [1.82, 2.24) is 24.7 Å². The molecule has 1 aliphatic rings. The Balaban J connectivity index is 1.80. The third-order valence-corrected chi connectivity index (χ3v) is 6.21. The van der Waals surface area contributed by atoms with E-state index in [0.717, 1.165) is 41.0 Å². The van der Waals surface area contributed by atoms with Crippen LogP contribution < -0.4 is 5.32 Å². The lowest BCUT2D eigenvalue weighted by molar-refractivity contribution is 0.277. The second-order valence-corrected chi connectivity index (χ2v) is 8.65. The van der Waals surface area contributed by atoms with Gasteiger partial charge in [0.05, 0.1) is 17.8 Å². The summed E-state index contributed by atoms with van der Waals surface area (Å²) in [5.41, 5.74) is 5.34. The third-order valence-electron chi connectivity index (χ3n) is 5.86. The minimum atomic E-state index is -0.234. The minimum Gasteiger partial charge on any atom is -0.352 e. The summed E-state index contributed by atoms with van der Waals surface area (Å²) in [6.07, 6.45) is 1.82. The van der Waals surface area contributed by atoms with Crippen LogP contribution in [-0.2, 0) is 0 Å². The number of aryl methyl sites for hydroxylation is 1. The molecule has 1 N–H and O–H groups in total. The maximum atomic E-state index is 13.5. The summed E-state index contributed by atoms with van der Waals surface area (Å²) in [4.78, 5) is 9.05. The van der Waals surface area contributed by atoms with Crippen molar-refractivity contribution in [3.63, 3.8) is 0 Å². The van der Waals surface area contributed by atoms with E-state index in [9.17, 15) is 4.39 Å². The fraction of sp³-hybridized carbons (Fsp3) is 0.333. The highest BCUT2D eigenvalue weighted by Gasteiger charge is 2.41. The van der Waals surface area contributed by atoms with Crippen LogP contribution in [0.3, 0.4) is 0 Å². The average molecular weight is 438 g/mol. The predicted molar refractivity (Wildman–Crippen MR) is 126 cm³/mol. The summed E-state index contributed by atoms with van der Waals surface area (Å²) in [5, 5.41) is 4.26. The van der Waals surface area contributed by atoms with Gasteiger partial charge in [0, 0.05) is 36.4 Å². The van der Waals surface area contributed by atoms with Crippen LogP contribution in [0.15, 0.2) is 54.7 Å². The third kappa shape index (κ3) is 4.20. The first kappa shape index (κ1) is 21.5. The fourth-order valence-electron chi connectivity index (χ4n) is 4.37. The molecule has 5 nitrogen and oxygen atoms in total. The zero-order valence-corrected chi connectivity index (χ0v) is 19.2. The van der Waals surface area contributed by atoms with E-state index in [2.05, 4.69) is 58.7 Å².